The SMILES string of the molecule is CNCc1ccc2c(c1)[nH]c(=O)n2C. The topological polar surface area (TPSA) is 49.8 Å². The lowest BCUT2D eigenvalue weighted by Crippen LogP contribution is -2.11. The van der Waals surface area contributed by atoms with Crippen molar-refractivity contribution in [3.8, 4) is 0 Å². The monoisotopic (exact) mass is 191 g/mol. The van der Waals surface area contributed by atoms with Gasteiger partial charge in [-0.1, -0.05) is 6.07 Å². The number of aryl methyl sites for hydroxylation is 1. The highest BCUT2D eigenvalue weighted by atomic mass is 16.1. The first-order valence-corrected chi connectivity index (χ1v) is 4.54. The Morgan fingerprint density at radius 1 is 1.50 bits per heavy atom. The van der Waals surface area contributed by atoms with E-state index in [-0.39, 0.29) is 5.69 Å². The van der Waals surface area contributed by atoms with Crippen molar-refractivity contribution in [2.45, 2.75) is 6.54 Å². The van der Waals surface area contributed by atoms with Crippen molar-refractivity contribution in [3.63, 3.8) is 0 Å². The number of aromatic nitrogens is 2. The number of nitrogens with one attached hydrogen (secondary N) is 2. The Morgan fingerprint density at radius 2 is 2.29 bits per heavy atom. The predicted molar refractivity (Wildman–Crippen MR) is 56.3 cm³/mol. The van der Waals surface area contributed by atoms with Gasteiger partial charge < -0.3 is 10.3 Å². The molecule has 2 N–H and O–H groups in total. The maximum absolute atomic E-state index is 11.3. The molecular formula is C10H13N3O. The number of rotatable bonds is 2. The van der Waals surface area contributed by atoms with Gasteiger partial charge in [0, 0.05) is 13.6 Å². The van der Waals surface area contributed by atoms with E-state index in [1.807, 2.05) is 25.2 Å². The van der Waals surface area contributed by atoms with E-state index in [4.69, 9.17) is 0 Å². The van der Waals surface area contributed by atoms with E-state index in [0.717, 1.165) is 17.6 Å². The molecule has 0 radical (unpaired) electrons. The average Bonchev–Trinajstić information content (AvgIpc) is 2.43. The highest BCUT2D eigenvalue weighted by molar-refractivity contribution is 5.75. The molecule has 0 saturated carbocycles. The number of imidazole rings is 1. The first-order chi connectivity index (χ1) is 6.72. The Hall–Kier alpha value is -1.55. The molecule has 4 nitrogen and oxygen atoms in total. The van der Waals surface area contributed by atoms with Gasteiger partial charge in [0.2, 0.25) is 0 Å². The fourth-order valence-corrected chi connectivity index (χ4v) is 1.60. The molecule has 0 aliphatic carbocycles. The van der Waals surface area contributed by atoms with Gasteiger partial charge in [0.05, 0.1) is 11.0 Å². The van der Waals surface area contributed by atoms with Gasteiger partial charge >= 0.3 is 5.69 Å². The van der Waals surface area contributed by atoms with E-state index in [2.05, 4.69) is 10.3 Å². The van der Waals surface area contributed by atoms with E-state index in [1.54, 1.807) is 11.6 Å². The fraction of sp³-hybridized carbons (Fsp3) is 0.300. The lowest BCUT2D eigenvalue weighted by Gasteiger charge is -1.99. The predicted octanol–water partition coefficient (Wildman–Crippen LogP) is 0.586. The van der Waals surface area contributed by atoms with Gasteiger partial charge in [0.15, 0.2) is 0 Å². The highest BCUT2D eigenvalue weighted by Crippen LogP contribution is 2.11. The van der Waals surface area contributed by atoms with Crippen LogP contribution in [0.3, 0.4) is 0 Å². The third kappa shape index (κ3) is 1.33. The summed E-state index contributed by atoms with van der Waals surface area (Å²) in [5.41, 5.74) is 2.93. The second-order valence-corrected chi connectivity index (χ2v) is 3.37. The number of hydrogen-bond donors (Lipinski definition) is 2. The van der Waals surface area contributed by atoms with Crippen LogP contribution in [0.5, 0.6) is 0 Å². The van der Waals surface area contributed by atoms with Crippen LogP contribution < -0.4 is 11.0 Å². The Morgan fingerprint density at radius 3 is 3.00 bits per heavy atom. The third-order valence-electron chi connectivity index (χ3n) is 2.35. The molecule has 0 bridgehead atoms. The second kappa shape index (κ2) is 3.31. The van der Waals surface area contributed by atoms with Crippen molar-refractivity contribution >= 4 is 11.0 Å². The number of nitrogens with zero attached hydrogens (tertiary/aromatic N) is 1. The molecule has 1 heterocycles. The number of H-pyrrole nitrogens is 1. The summed E-state index contributed by atoms with van der Waals surface area (Å²) in [4.78, 5) is 14.1. The van der Waals surface area contributed by atoms with Crippen LogP contribution in [0.2, 0.25) is 0 Å². The molecule has 1 aromatic heterocycles. The molecule has 0 saturated heterocycles. The number of hydrogen-bond acceptors (Lipinski definition) is 2. The zero-order chi connectivity index (χ0) is 10.1. The molecule has 0 fully saturated rings. The summed E-state index contributed by atoms with van der Waals surface area (Å²) in [7, 11) is 3.66. The van der Waals surface area contributed by atoms with Gasteiger partial charge in [0.1, 0.15) is 0 Å². The Kier molecular flexibility index (Phi) is 2.13. The third-order valence-corrected chi connectivity index (χ3v) is 2.35. The Bertz CT molecular complexity index is 510. The Balaban J connectivity index is 2.61. The van der Waals surface area contributed by atoms with Crippen LogP contribution in [-0.2, 0) is 13.6 Å². The molecule has 0 spiro atoms. The van der Waals surface area contributed by atoms with Crippen LogP contribution in [0.15, 0.2) is 23.0 Å². The van der Waals surface area contributed by atoms with E-state index in [1.165, 1.54) is 5.56 Å². The van der Waals surface area contributed by atoms with Crippen LogP contribution in [0.1, 0.15) is 5.56 Å². The molecule has 4 heteroatoms. The van der Waals surface area contributed by atoms with Crippen LogP contribution in [0.4, 0.5) is 0 Å². The zero-order valence-corrected chi connectivity index (χ0v) is 8.29. The van der Waals surface area contributed by atoms with E-state index < -0.39 is 0 Å². The summed E-state index contributed by atoms with van der Waals surface area (Å²) in [5, 5.41) is 3.07. The highest BCUT2D eigenvalue weighted by Gasteiger charge is 2.02. The van der Waals surface area contributed by atoms with E-state index in [0.29, 0.717) is 0 Å². The second-order valence-electron chi connectivity index (χ2n) is 3.37. The molecule has 0 atom stereocenters. The minimum atomic E-state index is -0.0680. The molecule has 0 aliphatic rings. The van der Waals surface area contributed by atoms with Crippen molar-refractivity contribution in [1.29, 1.82) is 0 Å². The minimum Gasteiger partial charge on any atom is -0.316 e. The molecule has 74 valence electrons. The van der Waals surface area contributed by atoms with Crippen LogP contribution >= 0.6 is 0 Å². The van der Waals surface area contributed by atoms with Crippen molar-refractivity contribution in [1.82, 2.24) is 14.9 Å². The smallest absolute Gasteiger partial charge is 0.316 e. The number of benzene rings is 1. The van der Waals surface area contributed by atoms with Gasteiger partial charge in [-0.05, 0) is 24.7 Å². The van der Waals surface area contributed by atoms with E-state index in [9.17, 15) is 4.79 Å². The first kappa shape index (κ1) is 9.02. The quantitative estimate of drug-likeness (QED) is 0.729. The Labute approximate surface area is 81.6 Å². The molecule has 1 aromatic carbocycles. The van der Waals surface area contributed by atoms with Gasteiger partial charge in [-0.15, -0.1) is 0 Å². The van der Waals surface area contributed by atoms with Crippen molar-refractivity contribution < 1.29 is 0 Å². The number of fused-ring (bicyclic) bond motifs is 1. The summed E-state index contributed by atoms with van der Waals surface area (Å²) in [5.74, 6) is 0. The summed E-state index contributed by atoms with van der Waals surface area (Å²) < 4.78 is 1.61. The average molecular weight is 191 g/mol. The fourth-order valence-electron chi connectivity index (χ4n) is 1.60. The van der Waals surface area contributed by atoms with Crippen LogP contribution in [-0.4, -0.2) is 16.6 Å². The molecule has 2 aromatic rings. The van der Waals surface area contributed by atoms with Crippen LogP contribution in [0, 0.1) is 0 Å². The molecule has 0 amide bonds. The van der Waals surface area contributed by atoms with Gasteiger partial charge in [-0.2, -0.15) is 0 Å². The van der Waals surface area contributed by atoms with E-state index >= 15 is 0 Å². The summed E-state index contributed by atoms with van der Waals surface area (Å²) >= 11 is 0. The largest absolute Gasteiger partial charge is 0.326 e. The maximum atomic E-state index is 11.3. The zero-order valence-electron chi connectivity index (χ0n) is 8.29. The van der Waals surface area contributed by atoms with Crippen LogP contribution in [0.25, 0.3) is 11.0 Å². The van der Waals surface area contributed by atoms with Gasteiger partial charge in [0.25, 0.3) is 0 Å². The van der Waals surface area contributed by atoms with Gasteiger partial charge in [-0.3, -0.25) is 4.57 Å². The number of aromatic amines is 1. The van der Waals surface area contributed by atoms with Crippen molar-refractivity contribution in [3.05, 3.63) is 34.2 Å². The van der Waals surface area contributed by atoms with Gasteiger partial charge in [-0.25, -0.2) is 4.79 Å². The summed E-state index contributed by atoms with van der Waals surface area (Å²) in [6, 6.07) is 5.97. The molecule has 14 heavy (non-hydrogen) atoms. The molecule has 0 aliphatic heterocycles. The van der Waals surface area contributed by atoms with Crippen molar-refractivity contribution in [2.24, 2.45) is 7.05 Å². The molecule has 0 unspecified atom stereocenters. The minimum absolute atomic E-state index is 0.0680. The molecule has 2 rings (SSSR count). The lowest BCUT2D eigenvalue weighted by atomic mass is 10.2. The summed E-state index contributed by atoms with van der Waals surface area (Å²) in [6.45, 7) is 0.812. The standard InChI is InChI=1S/C10H13N3O/c1-11-6-7-3-4-9-8(5-7)12-10(14)13(9)2/h3-5,11H,6H2,1-2H3,(H,12,14). The lowest BCUT2D eigenvalue weighted by molar-refractivity contribution is 0.819. The van der Waals surface area contributed by atoms with Crippen molar-refractivity contribution in [2.75, 3.05) is 7.05 Å². The normalized spacial score (nSPS) is 11.0. The summed E-state index contributed by atoms with van der Waals surface area (Å²) in [6.07, 6.45) is 0. The first-order valence-electron chi connectivity index (χ1n) is 4.54. The maximum Gasteiger partial charge on any atom is 0.326 e. The molecular weight excluding hydrogens is 178 g/mol.